The quantitative estimate of drug-likeness (QED) is 0.651. The largest absolute Gasteiger partial charge is 0.343 e. The molecule has 0 radical (unpaired) electrons. The van der Waals surface area contributed by atoms with Gasteiger partial charge in [-0.05, 0) is 24.3 Å². The molecule has 4 heterocycles. The predicted octanol–water partition coefficient (Wildman–Crippen LogP) is 3.54. The molecule has 2 aliphatic heterocycles. The predicted molar refractivity (Wildman–Crippen MR) is 117 cm³/mol. The van der Waals surface area contributed by atoms with Gasteiger partial charge < -0.3 is 14.4 Å². The zero-order valence-electron chi connectivity index (χ0n) is 17.1. The Hall–Kier alpha value is -2.93. The van der Waals surface area contributed by atoms with Gasteiger partial charge in [0, 0.05) is 38.7 Å². The lowest BCUT2D eigenvalue weighted by Gasteiger charge is -2.27. The van der Waals surface area contributed by atoms with E-state index in [9.17, 15) is 9.59 Å². The lowest BCUT2D eigenvalue weighted by Crippen LogP contribution is -2.41. The molecule has 154 valence electrons. The van der Waals surface area contributed by atoms with Crippen molar-refractivity contribution in [2.45, 2.75) is 37.9 Å². The van der Waals surface area contributed by atoms with Crippen molar-refractivity contribution in [2.75, 3.05) is 14.1 Å². The van der Waals surface area contributed by atoms with E-state index in [-0.39, 0.29) is 23.9 Å². The van der Waals surface area contributed by atoms with Crippen LogP contribution >= 0.6 is 11.3 Å². The smallest absolute Gasteiger partial charge is 0.273 e. The van der Waals surface area contributed by atoms with Crippen LogP contribution in [0.1, 0.15) is 38.7 Å². The van der Waals surface area contributed by atoms with Crippen LogP contribution in [-0.2, 0) is 13.0 Å². The number of imidazole rings is 1. The summed E-state index contributed by atoms with van der Waals surface area (Å²) in [5, 5.41) is 1.95. The summed E-state index contributed by atoms with van der Waals surface area (Å²) in [7, 11) is 3.51. The molecule has 1 aromatic carbocycles. The van der Waals surface area contributed by atoms with Crippen molar-refractivity contribution in [3.63, 3.8) is 0 Å². The van der Waals surface area contributed by atoms with Gasteiger partial charge in [-0.15, -0.1) is 11.3 Å². The molecule has 5 rings (SSSR count). The lowest BCUT2D eigenvalue weighted by molar-refractivity contribution is 0.0671. The molecule has 2 bridgehead atoms. The molecular formula is C23H24N4O2S. The summed E-state index contributed by atoms with van der Waals surface area (Å²) in [5.74, 6) is 0.833. The van der Waals surface area contributed by atoms with Gasteiger partial charge in [-0.2, -0.15) is 0 Å². The van der Waals surface area contributed by atoms with Crippen molar-refractivity contribution in [3.8, 4) is 11.4 Å². The SMILES string of the molecule is CN(C)C(=O)c1nc(-c2ccccc2)n2c1C[C@@H]1CC[C@H](C2)N1C(=O)c1cccs1. The van der Waals surface area contributed by atoms with E-state index in [0.717, 1.165) is 34.8 Å². The van der Waals surface area contributed by atoms with Gasteiger partial charge in [-0.1, -0.05) is 36.4 Å². The fourth-order valence-electron chi connectivity index (χ4n) is 4.71. The minimum atomic E-state index is -0.0881. The van der Waals surface area contributed by atoms with Crippen LogP contribution in [-0.4, -0.2) is 57.3 Å². The molecule has 0 saturated carbocycles. The minimum absolute atomic E-state index is 0.0881. The fourth-order valence-corrected chi connectivity index (χ4v) is 5.38. The Bertz CT molecular complexity index is 1090. The summed E-state index contributed by atoms with van der Waals surface area (Å²) < 4.78 is 2.19. The molecule has 30 heavy (non-hydrogen) atoms. The van der Waals surface area contributed by atoms with Crippen LogP contribution in [0.3, 0.4) is 0 Å². The summed E-state index contributed by atoms with van der Waals surface area (Å²) in [4.78, 5) is 35.5. The fraction of sp³-hybridized carbons (Fsp3) is 0.348. The topological polar surface area (TPSA) is 58.4 Å². The van der Waals surface area contributed by atoms with Crippen molar-refractivity contribution < 1.29 is 9.59 Å². The first-order chi connectivity index (χ1) is 14.5. The van der Waals surface area contributed by atoms with E-state index in [2.05, 4.69) is 9.47 Å². The molecule has 2 amide bonds. The normalized spacial score (nSPS) is 20.0. The monoisotopic (exact) mass is 420 g/mol. The first kappa shape index (κ1) is 19.1. The Morgan fingerprint density at radius 2 is 1.83 bits per heavy atom. The van der Waals surface area contributed by atoms with Gasteiger partial charge in [0.15, 0.2) is 0 Å². The average molecular weight is 421 g/mol. The number of aromatic nitrogens is 2. The third-order valence-corrected chi connectivity index (χ3v) is 6.98. The molecule has 2 aliphatic rings. The van der Waals surface area contributed by atoms with Gasteiger partial charge in [-0.3, -0.25) is 9.59 Å². The highest BCUT2D eigenvalue weighted by Crippen LogP contribution is 2.37. The highest BCUT2D eigenvalue weighted by molar-refractivity contribution is 7.12. The Morgan fingerprint density at radius 1 is 1.07 bits per heavy atom. The summed E-state index contributed by atoms with van der Waals surface area (Å²) in [6, 6.07) is 14.0. The second kappa shape index (κ2) is 7.40. The number of carbonyl (C=O) groups is 2. The van der Waals surface area contributed by atoms with E-state index in [1.165, 1.54) is 11.3 Å². The maximum absolute atomic E-state index is 13.3. The molecule has 0 N–H and O–H groups in total. The van der Waals surface area contributed by atoms with Crippen molar-refractivity contribution in [1.82, 2.24) is 19.4 Å². The van der Waals surface area contributed by atoms with E-state index in [1.807, 2.05) is 47.8 Å². The van der Waals surface area contributed by atoms with E-state index >= 15 is 0 Å². The number of fused-ring (bicyclic) bond motifs is 3. The maximum atomic E-state index is 13.3. The van der Waals surface area contributed by atoms with E-state index in [0.29, 0.717) is 18.7 Å². The van der Waals surface area contributed by atoms with Crippen LogP contribution in [0, 0.1) is 0 Å². The zero-order valence-corrected chi connectivity index (χ0v) is 17.9. The molecule has 2 atom stereocenters. The minimum Gasteiger partial charge on any atom is -0.343 e. The molecule has 1 fully saturated rings. The molecule has 0 spiro atoms. The molecule has 3 aromatic rings. The number of rotatable bonds is 3. The molecule has 1 saturated heterocycles. The van der Waals surface area contributed by atoms with Crippen LogP contribution in [0.25, 0.3) is 11.4 Å². The van der Waals surface area contributed by atoms with Crippen molar-refractivity contribution >= 4 is 23.2 Å². The van der Waals surface area contributed by atoms with E-state index in [1.54, 1.807) is 19.0 Å². The Balaban J connectivity index is 1.60. The van der Waals surface area contributed by atoms with Gasteiger partial charge in [0.1, 0.15) is 11.5 Å². The summed E-state index contributed by atoms with van der Waals surface area (Å²) in [5.41, 5.74) is 2.45. The Kier molecular flexibility index (Phi) is 4.70. The second-order valence-electron chi connectivity index (χ2n) is 8.19. The van der Waals surface area contributed by atoms with E-state index in [4.69, 9.17) is 4.98 Å². The number of nitrogens with zero attached hydrogens (tertiary/aromatic N) is 4. The van der Waals surface area contributed by atoms with Crippen molar-refractivity contribution in [1.29, 1.82) is 0 Å². The molecule has 0 aliphatic carbocycles. The number of benzene rings is 1. The van der Waals surface area contributed by atoms with Gasteiger partial charge >= 0.3 is 0 Å². The summed E-state index contributed by atoms with van der Waals surface area (Å²) >= 11 is 1.49. The molecular weight excluding hydrogens is 396 g/mol. The highest BCUT2D eigenvalue weighted by Gasteiger charge is 2.42. The zero-order chi connectivity index (χ0) is 20.8. The standard InChI is InChI=1S/C23H24N4O2S/c1-25(2)23(29)20-18-13-16-10-11-17(27(16)22(28)19-9-6-12-30-19)14-26(18)21(24-20)15-7-4-3-5-8-15/h3-9,12,16-17H,10-11,13-14H2,1-2H3/t16-,17+/m0/s1. The van der Waals surface area contributed by atoms with Gasteiger partial charge in [-0.25, -0.2) is 4.98 Å². The van der Waals surface area contributed by atoms with Crippen LogP contribution in [0.5, 0.6) is 0 Å². The van der Waals surface area contributed by atoms with Gasteiger partial charge in [0.05, 0.1) is 16.6 Å². The first-order valence-corrected chi connectivity index (χ1v) is 11.1. The van der Waals surface area contributed by atoms with Crippen LogP contribution in [0.4, 0.5) is 0 Å². The molecule has 0 unspecified atom stereocenters. The number of hydrogen-bond acceptors (Lipinski definition) is 4. The summed E-state index contributed by atoms with van der Waals surface area (Å²) in [6.45, 7) is 0.668. The molecule has 6 nitrogen and oxygen atoms in total. The van der Waals surface area contributed by atoms with Crippen molar-refractivity contribution in [2.24, 2.45) is 0 Å². The molecule has 7 heteroatoms. The number of carbonyl (C=O) groups excluding carboxylic acids is 2. The third kappa shape index (κ3) is 3.04. The lowest BCUT2D eigenvalue weighted by atomic mass is 10.0. The van der Waals surface area contributed by atoms with Gasteiger partial charge in [0.25, 0.3) is 11.8 Å². The second-order valence-corrected chi connectivity index (χ2v) is 9.13. The Morgan fingerprint density at radius 3 is 2.53 bits per heavy atom. The number of hydrogen-bond donors (Lipinski definition) is 0. The van der Waals surface area contributed by atoms with Crippen LogP contribution in [0.15, 0.2) is 47.8 Å². The maximum Gasteiger partial charge on any atom is 0.273 e. The highest BCUT2D eigenvalue weighted by atomic mass is 32.1. The number of thiophene rings is 1. The average Bonchev–Trinajstić information content (AvgIpc) is 3.45. The van der Waals surface area contributed by atoms with Crippen LogP contribution < -0.4 is 0 Å². The number of amides is 2. The first-order valence-electron chi connectivity index (χ1n) is 10.3. The van der Waals surface area contributed by atoms with Crippen molar-refractivity contribution in [3.05, 3.63) is 64.1 Å². The third-order valence-electron chi connectivity index (χ3n) is 6.12. The van der Waals surface area contributed by atoms with Crippen LogP contribution in [0.2, 0.25) is 0 Å². The van der Waals surface area contributed by atoms with Gasteiger partial charge in [0.2, 0.25) is 0 Å². The van der Waals surface area contributed by atoms with E-state index < -0.39 is 0 Å². The summed E-state index contributed by atoms with van der Waals surface area (Å²) in [6.07, 6.45) is 2.59. The Labute approximate surface area is 179 Å². The molecule has 2 aromatic heterocycles.